The fraction of sp³-hybridized carbons (Fsp3) is 0.412. The predicted molar refractivity (Wildman–Crippen MR) is 109 cm³/mol. The minimum absolute atomic E-state index is 0. The molecule has 0 atom stereocenters. The number of rotatable bonds is 8. The van der Waals surface area contributed by atoms with Crippen molar-refractivity contribution in [3.63, 3.8) is 0 Å². The Morgan fingerprint density at radius 2 is 1.89 bits per heavy atom. The number of aromatic nitrogens is 2. The number of aryl methyl sites for hydroxylation is 1. The Morgan fingerprint density at radius 1 is 1.19 bits per heavy atom. The lowest BCUT2D eigenvalue weighted by Gasteiger charge is -2.13. The maximum atomic E-state index is 12.5. The number of aliphatic imine (C=N–C) groups is 1. The largest absolute Gasteiger partial charge is 0.492 e. The van der Waals surface area contributed by atoms with Crippen LogP contribution in [0, 0.1) is 0 Å². The van der Waals surface area contributed by atoms with Gasteiger partial charge in [0.1, 0.15) is 12.4 Å². The summed E-state index contributed by atoms with van der Waals surface area (Å²) in [6.45, 7) is 2.33. The summed E-state index contributed by atoms with van der Waals surface area (Å²) in [7, 11) is 1.67. The van der Waals surface area contributed by atoms with Crippen molar-refractivity contribution < 1.29 is 17.9 Å². The third kappa shape index (κ3) is 8.50. The number of hydrogen-bond donors (Lipinski definition) is 2. The monoisotopic (exact) mass is 497 g/mol. The van der Waals surface area contributed by atoms with Gasteiger partial charge in [0, 0.05) is 32.5 Å². The highest BCUT2D eigenvalue weighted by molar-refractivity contribution is 14.0. The Bertz CT molecular complexity index is 675. The van der Waals surface area contributed by atoms with Crippen molar-refractivity contribution >= 4 is 29.9 Å². The predicted octanol–water partition coefficient (Wildman–Crippen LogP) is 3.15. The van der Waals surface area contributed by atoms with Crippen LogP contribution in [-0.4, -0.2) is 42.5 Å². The molecule has 0 saturated carbocycles. The average Bonchev–Trinajstić information content (AvgIpc) is 3.13. The second-order valence-electron chi connectivity index (χ2n) is 5.42. The lowest BCUT2D eigenvalue weighted by atomic mass is 10.2. The van der Waals surface area contributed by atoms with Gasteiger partial charge in [-0.15, -0.1) is 24.0 Å². The van der Waals surface area contributed by atoms with Gasteiger partial charge < -0.3 is 15.4 Å². The molecule has 150 valence electrons. The average molecular weight is 497 g/mol. The molecule has 6 nitrogen and oxygen atoms in total. The van der Waals surface area contributed by atoms with Gasteiger partial charge in [0.25, 0.3) is 0 Å². The zero-order chi connectivity index (χ0) is 18.8. The van der Waals surface area contributed by atoms with Crippen molar-refractivity contribution in [1.29, 1.82) is 0 Å². The van der Waals surface area contributed by atoms with Crippen molar-refractivity contribution in [2.24, 2.45) is 4.99 Å². The van der Waals surface area contributed by atoms with E-state index in [9.17, 15) is 13.2 Å². The molecule has 1 heterocycles. The Kier molecular flexibility index (Phi) is 9.97. The molecule has 0 aliphatic rings. The van der Waals surface area contributed by atoms with Gasteiger partial charge in [-0.3, -0.25) is 9.67 Å². The number of nitrogens with one attached hydrogen (secondary N) is 2. The van der Waals surface area contributed by atoms with Gasteiger partial charge in [0.05, 0.1) is 12.1 Å². The van der Waals surface area contributed by atoms with E-state index in [-0.39, 0.29) is 24.0 Å². The standard InChI is InChI=1S/C17H22F3N5O.HI/c1-21-16(22-8-2-11-25-12-3-9-24-25)23-10-13-26-15-6-4-14(5-7-15)17(18,19)20;/h3-7,9,12H,2,8,10-11,13H2,1H3,(H2,21,22,23);1H. The van der Waals surface area contributed by atoms with E-state index in [2.05, 4.69) is 20.7 Å². The smallest absolute Gasteiger partial charge is 0.416 e. The normalized spacial score (nSPS) is 11.6. The van der Waals surface area contributed by atoms with Crippen LogP contribution in [0.4, 0.5) is 13.2 Å². The molecule has 1 aromatic carbocycles. The molecule has 2 rings (SSSR count). The molecule has 0 bridgehead atoms. The van der Waals surface area contributed by atoms with Crippen LogP contribution in [-0.2, 0) is 12.7 Å². The molecule has 0 amide bonds. The summed E-state index contributed by atoms with van der Waals surface area (Å²) in [5, 5.41) is 10.4. The van der Waals surface area contributed by atoms with Crippen LogP contribution in [0.3, 0.4) is 0 Å². The zero-order valence-corrected chi connectivity index (χ0v) is 17.2. The molecule has 0 saturated heterocycles. The van der Waals surface area contributed by atoms with Crippen LogP contribution in [0.15, 0.2) is 47.7 Å². The van der Waals surface area contributed by atoms with E-state index in [1.807, 2.05) is 16.9 Å². The Labute approximate surface area is 173 Å². The van der Waals surface area contributed by atoms with E-state index in [1.165, 1.54) is 12.1 Å². The first-order chi connectivity index (χ1) is 12.5. The minimum Gasteiger partial charge on any atom is -0.492 e. The summed E-state index contributed by atoms with van der Waals surface area (Å²) in [6.07, 6.45) is 0.205. The number of alkyl halides is 3. The van der Waals surface area contributed by atoms with E-state index in [0.29, 0.717) is 24.9 Å². The second kappa shape index (κ2) is 11.7. The maximum absolute atomic E-state index is 12.5. The van der Waals surface area contributed by atoms with Gasteiger partial charge in [-0.05, 0) is 36.8 Å². The fourth-order valence-corrected chi connectivity index (χ4v) is 2.18. The Morgan fingerprint density at radius 3 is 2.48 bits per heavy atom. The lowest BCUT2D eigenvalue weighted by Crippen LogP contribution is -2.39. The van der Waals surface area contributed by atoms with Gasteiger partial charge >= 0.3 is 6.18 Å². The quantitative estimate of drug-likeness (QED) is 0.255. The van der Waals surface area contributed by atoms with Crippen LogP contribution in [0.5, 0.6) is 5.75 Å². The van der Waals surface area contributed by atoms with Gasteiger partial charge in [-0.1, -0.05) is 0 Å². The molecule has 27 heavy (non-hydrogen) atoms. The van der Waals surface area contributed by atoms with Crippen molar-refractivity contribution in [3.8, 4) is 5.75 Å². The lowest BCUT2D eigenvalue weighted by molar-refractivity contribution is -0.137. The highest BCUT2D eigenvalue weighted by Crippen LogP contribution is 2.30. The van der Waals surface area contributed by atoms with Gasteiger partial charge in [-0.2, -0.15) is 18.3 Å². The third-order valence-corrected chi connectivity index (χ3v) is 3.48. The van der Waals surface area contributed by atoms with E-state index < -0.39 is 11.7 Å². The summed E-state index contributed by atoms with van der Waals surface area (Å²) in [4.78, 5) is 4.10. The molecule has 0 aliphatic carbocycles. The topological polar surface area (TPSA) is 63.5 Å². The Balaban J connectivity index is 0.00000364. The molecule has 0 spiro atoms. The second-order valence-corrected chi connectivity index (χ2v) is 5.42. The van der Waals surface area contributed by atoms with Crippen molar-refractivity contribution in [2.45, 2.75) is 19.1 Å². The number of guanidine groups is 1. The summed E-state index contributed by atoms with van der Waals surface area (Å²) in [5.41, 5.74) is -0.692. The van der Waals surface area contributed by atoms with E-state index >= 15 is 0 Å². The summed E-state index contributed by atoms with van der Waals surface area (Å²) in [5.74, 6) is 1.03. The molecule has 0 unspecified atom stereocenters. The van der Waals surface area contributed by atoms with Gasteiger partial charge in [-0.25, -0.2) is 0 Å². The molecule has 2 N–H and O–H groups in total. The van der Waals surface area contributed by atoms with E-state index in [0.717, 1.165) is 31.6 Å². The summed E-state index contributed by atoms with van der Waals surface area (Å²) in [6, 6.07) is 6.51. The van der Waals surface area contributed by atoms with Crippen LogP contribution >= 0.6 is 24.0 Å². The molecule has 0 aliphatic heterocycles. The molecule has 0 fully saturated rings. The first-order valence-corrected chi connectivity index (χ1v) is 8.21. The van der Waals surface area contributed by atoms with Crippen LogP contribution < -0.4 is 15.4 Å². The molecular weight excluding hydrogens is 474 g/mol. The van der Waals surface area contributed by atoms with E-state index in [4.69, 9.17) is 4.74 Å². The maximum Gasteiger partial charge on any atom is 0.416 e. The van der Waals surface area contributed by atoms with Crippen LogP contribution in [0.1, 0.15) is 12.0 Å². The highest BCUT2D eigenvalue weighted by Gasteiger charge is 2.29. The molecule has 10 heteroatoms. The minimum atomic E-state index is -4.34. The summed E-state index contributed by atoms with van der Waals surface area (Å²) < 4.78 is 44.7. The van der Waals surface area contributed by atoms with Gasteiger partial charge in [0.15, 0.2) is 5.96 Å². The Hall–Kier alpha value is -1.98. The third-order valence-electron chi connectivity index (χ3n) is 3.48. The molecule has 2 aromatic rings. The van der Waals surface area contributed by atoms with E-state index in [1.54, 1.807) is 13.2 Å². The number of benzene rings is 1. The number of ether oxygens (including phenoxy) is 1. The molecule has 0 radical (unpaired) electrons. The van der Waals surface area contributed by atoms with Crippen molar-refractivity contribution in [1.82, 2.24) is 20.4 Å². The van der Waals surface area contributed by atoms with Crippen molar-refractivity contribution in [2.75, 3.05) is 26.7 Å². The van der Waals surface area contributed by atoms with Gasteiger partial charge in [0.2, 0.25) is 0 Å². The number of nitrogens with zero attached hydrogens (tertiary/aromatic N) is 3. The zero-order valence-electron chi connectivity index (χ0n) is 14.9. The first-order valence-electron chi connectivity index (χ1n) is 8.21. The van der Waals surface area contributed by atoms with Crippen LogP contribution in [0.25, 0.3) is 0 Å². The fourth-order valence-electron chi connectivity index (χ4n) is 2.18. The molecular formula is C17H23F3IN5O. The molecule has 1 aromatic heterocycles. The number of hydrogen-bond acceptors (Lipinski definition) is 3. The number of halogens is 4. The van der Waals surface area contributed by atoms with Crippen molar-refractivity contribution in [3.05, 3.63) is 48.3 Å². The summed E-state index contributed by atoms with van der Waals surface area (Å²) >= 11 is 0. The SMILES string of the molecule is CN=C(NCCCn1cccn1)NCCOc1ccc(C(F)(F)F)cc1.I. The first kappa shape index (κ1) is 23.1. The highest BCUT2D eigenvalue weighted by atomic mass is 127. The van der Waals surface area contributed by atoms with Crippen LogP contribution in [0.2, 0.25) is 0 Å².